The molecule has 2 rings (SSSR count). The van der Waals surface area contributed by atoms with Gasteiger partial charge in [0.15, 0.2) is 0 Å². The summed E-state index contributed by atoms with van der Waals surface area (Å²) in [5.41, 5.74) is 2.48. The lowest BCUT2D eigenvalue weighted by Gasteiger charge is -1.99. The second-order valence-electron chi connectivity index (χ2n) is 3.09. The van der Waals surface area contributed by atoms with Crippen LogP contribution < -0.4 is 5.56 Å². The summed E-state index contributed by atoms with van der Waals surface area (Å²) in [5.74, 6) is 0. The molecule has 0 spiro atoms. The highest BCUT2D eigenvalue weighted by Crippen LogP contribution is 2.21. The maximum Gasteiger partial charge on any atom is 0.267 e. The van der Waals surface area contributed by atoms with Gasteiger partial charge in [0.2, 0.25) is 0 Å². The van der Waals surface area contributed by atoms with E-state index in [0.717, 1.165) is 15.7 Å². The molecule has 0 fully saturated rings. The molecule has 0 saturated carbocycles. The van der Waals surface area contributed by atoms with E-state index in [1.165, 1.54) is 0 Å². The average Bonchev–Trinajstić information content (AvgIpc) is 2.48. The molecule has 0 aliphatic carbocycles. The Morgan fingerprint density at radius 2 is 2.07 bits per heavy atom. The number of rotatable bonds is 1. The lowest BCUT2D eigenvalue weighted by atomic mass is 10.1. The van der Waals surface area contributed by atoms with Gasteiger partial charge in [0, 0.05) is 15.6 Å². The van der Waals surface area contributed by atoms with E-state index >= 15 is 0 Å². The minimum Gasteiger partial charge on any atom is -0.297 e. The molecule has 1 aromatic carbocycles. The summed E-state index contributed by atoms with van der Waals surface area (Å²) >= 11 is 3.39. The van der Waals surface area contributed by atoms with E-state index in [2.05, 4.69) is 26.1 Å². The van der Waals surface area contributed by atoms with Crippen molar-refractivity contribution in [2.45, 2.75) is 6.92 Å². The van der Waals surface area contributed by atoms with Gasteiger partial charge in [-0.3, -0.25) is 15.0 Å². The van der Waals surface area contributed by atoms with E-state index < -0.39 is 0 Å². The molecule has 2 aromatic rings. The van der Waals surface area contributed by atoms with Crippen LogP contribution in [0.25, 0.3) is 11.3 Å². The predicted molar refractivity (Wildman–Crippen MR) is 59.3 cm³/mol. The molecule has 0 saturated heterocycles. The van der Waals surface area contributed by atoms with Crippen LogP contribution in [0.15, 0.2) is 33.5 Å². The number of hydrogen-bond donors (Lipinski definition) is 2. The van der Waals surface area contributed by atoms with Crippen LogP contribution in [0.4, 0.5) is 0 Å². The van der Waals surface area contributed by atoms with Crippen molar-refractivity contribution < 1.29 is 0 Å². The fourth-order valence-electron chi connectivity index (χ4n) is 1.35. The monoisotopic (exact) mass is 252 g/mol. The van der Waals surface area contributed by atoms with Gasteiger partial charge in [0.1, 0.15) is 0 Å². The summed E-state index contributed by atoms with van der Waals surface area (Å²) < 4.78 is 0.997. The van der Waals surface area contributed by atoms with Crippen molar-refractivity contribution in [2.75, 3.05) is 0 Å². The molecule has 72 valence electrons. The molecule has 0 radical (unpaired) electrons. The molecule has 0 bridgehead atoms. The zero-order valence-corrected chi connectivity index (χ0v) is 9.18. The molecule has 2 N–H and O–H groups in total. The topological polar surface area (TPSA) is 48.6 Å². The van der Waals surface area contributed by atoms with E-state index in [0.29, 0.717) is 5.56 Å². The van der Waals surface area contributed by atoms with Crippen molar-refractivity contribution in [3.8, 4) is 11.3 Å². The molecule has 3 nitrogen and oxygen atoms in total. The molecular formula is C10H9BrN2O. The van der Waals surface area contributed by atoms with Gasteiger partial charge in [-0.15, -0.1) is 0 Å². The zero-order chi connectivity index (χ0) is 10.1. The van der Waals surface area contributed by atoms with Gasteiger partial charge in [0.25, 0.3) is 5.56 Å². The van der Waals surface area contributed by atoms with Gasteiger partial charge in [-0.25, -0.2) is 0 Å². The molecule has 4 heteroatoms. The molecule has 1 heterocycles. The highest BCUT2D eigenvalue weighted by molar-refractivity contribution is 9.10. The van der Waals surface area contributed by atoms with Crippen LogP contribution >= 0.6 is 15.9 Å². The van der Waals surface area contributed by atoms with Crippen LogP contribution in [0.3, 0.4) is 0 Å². The Bertz CT molecular complexity index is 513. The molecule has 14 heavy (non-hydrogen) atoms. The molecular weight excluding hydrogens is 244 g/mol. The molecule has 0 unspecified atom stereocenters. The number of benzene rings is 1. The number of halogens is 1. The summed E-state index contributed by atoms with van der Waals surface area (Å²) in [6, 6.07) is 7.80. The fourth-order valence-corrected chi connectivity index (χ4v) is 1.75. The third kappa shape index (κ3) is 1.53. The van der Waals surface area contributed by atoms with E-state index in [9.17, 15) is 4.79 Å². The number of nitrogens with one attached hydrogen (secondary N) is 2. The van der Waals surface area contributed by atoms with Gasteiger partial charge in [-0.1, -0.05) is 28.1 Å². The van der Waals surface area contributed by atoms with Crippen LogP contribution in [0, 0.1) is 6.92 Å². The second-order valence-corrected chi connectivity index (χ2v) is 4.01. The summed E-state index contributed by atoms with van der Waals surface area (Å²) in [6.45, 7) is 1.80. The first kappa shape index (κ1) is 9.27. The standard InChI is InChI=1S/C10H9BrN2O/c1-6-9(12-13-10(6)14)7-3-2-4-8(11)5-7/h2-5H,1H3,(H2,12,13,14). The maximum atomic E-state index is 11.2. The normalized spacial score (nSPS) is 10.4. The van der Waals surface area contributed by atoms with Gasteiger partial charge >= 0.3 is 0 Å². The third-order valence-electron chi connectivity index (χ3n) is 2.13. The van der Waals surface area contributed by atoms with Gasteiger partial charge in [-0.2, -0.15) is 0 Å². The lowest BCUT2D eigenvalue weighted by Crippen LogP contribution is -2.00. The Hall–Kier alpha value is -1.29. The number of hydrogen-bond acceptors (Lipinski definition) is 1. The highest BCUT2D eigenvalue weighted by Gasteiger charge is 2.06. The van der Waals surface area contributed by atoms with Gasteiger partial charge < -0.3 is 0 Å². The van der Waals surface area contributed by atoms with Gasteiger partial charge in [0.05, 0.1) is 5.69 Å². The average molecular weight is 253 g/mol. The van der Waals surface area contributed by atoms with Crippen molar-refractivity contribution in [1.29, 1.82) is 0 Å². The van der Waals surface area contributed by atoms with Crippen LogP contribution in [0.5, 0.6) is 0 Å². The van der Waals surface area contributed by atoms with Crippen LogP contribution in [-0.4, -0.2) is 10.2 Å². The Kier molecular flexibility index (Phi) is 2.29. The summed E-state index contributed by atoms with van der Waals surface area (Å²) in [4.78, 5) is 11.2. The van der Waals surface area contributed by atoms with Crippen LogP contribution in [-0.2, 0) is 0 Å². The Morgan fingerprint density at radius 3 is 2.64 bits per heavy atom. The second kappa shape index (κ2) is 3.46. The molecule has 0 aliphatic rings. The third-order valence-corrected chi connectivity index (χ3v) is 2.62. The maximum absolute atomic E-state index is 11.2. The smallest absolute Gasteiger partial charge is 0.267 e. The molecule has 1 aromatic heterocycles. The zero-order valence-electron chi connectivity index (χ0n) is 7.60. The Labute approximate surface area is 89.3 Å². The van der Waals surface area contributed by atoms with Crippen LogP contribution in [0.1, 0.15) is 5.56 Å². The molecule has 0 atom stereocenters. The van der Waals surface area contributed by atoms with Crippen molar-refractivity contribution in [2.24, 2.45) is 0 Å². The van der Waals surface area contributed by atoms with Crippen LogP contribution in [0.2, 0.25) is 0 Å². The fraction of sp³-hybridized carbons (Fsp3) is 0.100. The molecule has 0 amide bonds. The lowest BCUT2D eigenvalue weighted by molar-refractivity contribution is 1.06. The minimum atomic E-state index is -0.0695. The van der Waals surface area contributed by atoms with E-state index in [4.69, 9.17) is 0 Å². The largest absolute Gasteiger partial charge is 0.297 e. The van der Waals surface area contributed by atoms with Gasteiger partial charge in [-0.05, 0) is 19.1 Å². The van der Waals surface area contributed by atoms with Crippen molar-refractivity contribution >= 4 is 15.9 Å². The number of aromatic nitrogens is 2. The van der Waals surface area contributed by atoms with E-state index in [-0.39, 0.29) is 5.56 Å². The van der Waals surface area contributed by atoms with Crippen molar-refractivity contribution in [1.82, 2.24) is 10.2 Å². The quantitative estimate of drug-likeness (QED) is 0.805. The van der Waals surface area contributed by atoms with E-state index in [1.54, 1.807) is 6.92 Å². The first-order valence-corrected chi connectivity index (χ1v) is 5.01. The first-order chi connectivity index (χ1) is 6.68. The highest BCUT2D eigenvalue weighted by atomic mass is 79.9. The predicted octanol–water partition coefficient (Wildman–Crippen LogP) is 2.44. The Morgan fingerprint density at radius 1 is 1.29 bits per heavy atom. The molecule has 0 aliphatic heterocycles. The SMILES string of the molecule is Cc1c(-c2cccc(Br)c2)[nH][nH]c1=O. The number of aromatic amines is 2. The summed E-state index contributed by atoms with van der Waals surface area (Å²) in [6.07, 6.45) is 0. The van der Waals surface area contributed by atoms with E-state index in [1.807, 2.05) is 24.3 Å². The number of H-pyrrole nitrogens is 2. The summed E-state index contributed by atoms with van der Waals surface area (Å²) in [5, 5.41) is 5.42. The minimum absolute atomic E-state index is 0.0695. The van der Waals surface area contributed by atoms with Crippen molar-refractivity contribution in [3.63, 3.8) is 0 Å². The Balaban J connectivity index is 2.60. The summed E-state index contributed by atoms with van der Waals surface area (Å²) in [7, 11) is 0. The van der Waals surface area contributed by atoms with Crippen molar-refractivity contribution in [3.05, 3.63) is 44.7 Å². The first-order valence-electron chi connectivity index (χ1n) is 4.21.